The number of halogens is 2. The second kappa shape index (κ2) is 7.13. The Labute approximate surface area is 141 Å². The molecule has 0 unspecified atom stereocenters. The summed E-state index contributed by atoms with van der Waals surface area (Å²) in [6.45, 7) is 5.04. The Kier molecular flexibility index (Phi) is 5.66. The van der Waals surface area contributed by atoms with Gasteiger partial charge in [0.15, 0.2) is 0 Å². The van der Waals surface area contributed by atoms with Gasteiger partial charge in [-0.05, 0) is 55.9 Å². The van der Waals surface area contributed by atoms with Crippen molar-refractivity contribution >= 4 is 29.7 Å². The lowest BCUT2D eigenvalue weighted by atomic mass is 9.78. The average molecular weight is 346 g/mol. The van der Waals surface area contributed by atoms with Gasteiger partial charge in [0.25, 0.3) is 5.69 Å². The maximum atomic E-state index is 10.9. The van der Waals surface area contributed by atoms with E-state index < -0.39 is 0 Å². The van der Waals surface area contributed by atoms with Crippen molar-refractivity contribution in [2.75, 3.05) is 26.2 Å². The predicted octanol–water partition coefficient (Wildman–Crippen LogP) is 3.25. The van der Waals surface area contributed by atoms with Crippen LogP contribution in [-0.2, 0) is 6.54 Å². The predicted molar refractivity (Wildman–Crippen MR) is 89.8 cm³/mol. The van der Waals surface area contributed by atoms with Crippen LogP contribution in [0.1, 0.15) is 24.8 Å². The first-order chi connectivity index (χ1) is 10.1. The standard InChI is InChI=1S/C15H20ClN3O2.ClH/c16-14-2-1-13(19(20)21)9-12(14)10-18-8-5-15(11-18)3-6-17-7-4-15;/h1-2,9,17H,3-8,10-11H2;1H. The van der Waals surface area contributed by atoms with Crippen LogP contribution in [0.5, 0.6) is 0 Å². The van der Waals surface area contributed by atoms with E-state index in [4.69, 9.17) is 11.6 Å². The normalized spacial score (nSPS) is 20.8. The van der Waals surface area contributed by atoms with Crippen molar-refractivity contribution in [2.24, 2.45) is 5.41 Å². The third-order valence-corrected chi connectivity index (χ3v) is 5.18. The van der Waals surface area contributed by atoms with Gasteiger partial charge in [0.05, 0.1) is 4.92 Å². The highest BCUT2D eigenvalue weighted by Crippen LogP contribution is 2.39. The van der Waals surface area contributed by atoms with Crippen molar-refractivity contribution in [3.63, 3.8) is 0 Å². The number of hydrogen-bond donors (Lipinski definition) is 1. The highest BCUT2D eigenvalue weighted by molar-refractivity contribution is 6.31. The van der Waals surface area contributed by atoms with Gasteiger partial charge in [0.1, 0.15) is 0 Å². The number of nitro benzene ring substituents is 1. The Morgan fingerprint density at radius 1 is 1.32 bits per heavy atom. The first-order valence-corrected chi connectivity index (χ1v) is 7.82. The SMILES string of the molecule is Cl.O=[N+]([O-])c1ccc(Cl)c(CN2CCC3(CCNCC3)C2)c1. The van der Waals surface area contributed by atoms with Gasteiger partial charge in [0.2, 0.25) is 0 Å². The number of benzene rings is 1. The third-order valence-electron chi connectivity index (χ3n) is 4.82. The summed E-state index contributed by atoms with van der Waals surface area (Å²) >= 11 is 6.20. The molecule has 1 spiro atoms. The molecule has 0 aromatic heterocycles. The maximum Gasteiger partial charge on any atom is 0.269 e. The minimum absolute atomic E-state index is 0. The second-order valence-corrected chi connectivity index (χ2v) is 6.65. The molecule has 1 aromatic carbocycles. The Morgan fingerprint density at radius 3 is 2.73 bits per heavy atom. The molecular weight excluding hydrogens is 325 g/mol. The molecule has 22 heavy (non-hydrogen) atoms. The van der Waals surface area contributed by atoms with Crippen LogP contribution in [0.3, 0.4) is 0 Å². The summed E-state index contributed by atoms with van der Waals surface area (Å²) in [6, 6.07) is 4.70. The van der Waals surface area contributed by atoms with Gasteiger partial charge in [-0.2, -0.15) is 0 Å². The van der Waals surface area contributed by atoms with Crippen LogP contribution < -0.4 is 5.32 Å². The number of rotatable bonds is 3. The minimum Gasteiger partial charge on any atom is -0.317 e. The first kappa shape index (κ1) is 17.5. The highest BCUT2D eigenvalue weighted by atomic mass is 35.5. The molecule has 0 saturated carbocycles. The molecule has 0 bridgehead atoms. The van der Waals surface area contributed by atoms with Crippen LogP contribution in [0.15, 0.2) is 18.2 Å². The van der Waals surface area contributed by atoms with Gasteiger partial charge in [-0.1, -0.05) is 11.6 Å². The largest absolute Gasteiger partial charge is 0.317 e. The average Bonchev–Trinajstić information content (AvgIpc) is 2.84. The minimum atomic E-state index is -0.363. The van der Waals surface area contributed by atoms with Gasteiger partial charge in [-0.3, -0.25) is 15.0 Å². The van der Waals surface area contributed by atoms with Crippen LogP contribution in [0.4, 0.5) is 5.69 Å². The van der Waals surface area contributed by atoms with Crippen molar-refractivity contribution < 1.29 is 4.92 Å². The van der Waals surface area contributed by atoms with E-state index in [0.717, 1.165) is 31.7 Å². The summed E-state index contributed by atoms with van der Waals surface area (Å²) in [6.07, 6.45) is 3.68. The molecular formula is C15H21Cl2N3O2. The van der Waals surface area contributed by atoms with Crippen LogP contribution in [0, 0.1) is 15.5 Å². The lowest BCUT2D eigenvalue weighted by molar-refractivity contribution is -0.384. The lowest BCUT2D eigenvalue weighted by Gasteiger charge is -2.34. The van der Waals surface area contributed by atoms with E-state index >= 15 is 0 Å². The molecule has 0 amide bonds. The molecule has 2 aliphatic heterocycles. The molecule has 1 N–H and O–H groups in total. The fraction of sp³-hybridized carbons (Fsp3) is 0.600. The molecule has 0 aliphatic carbocycles. The molecule has 1 aromatic rings. The van der Waals surface area contributed by atoms with Crippen molar-refractivity contribution in [3.8, 4) is 0 Å². The Morgan fingerprint density at radius 2 is 2.05 bits per heavy atom. The fourth-order valence-corrected chi connectivity index (χ4v) is 3.74. The number of likely N-dealkylation sites (tertiary alicyclic amines) is 1. The highest BCUT2D eigenvalue weighted by Gasteiger charge is 2.38. The number of nitrogens with zero attached hydrogens (tertiary/aromatic N) is 2. The molecule has 2 aliphatic rings. The summed E-state index contributed by atoms with van der Waals surface area (Å²) in [5, 5.41) is 14.9. The van der Waals surface area contributed by atoms with Gasteiger partial charge in [-0.25, -0.2) is 0 Å². The lowest BCUT2D eigenvalue weighted by Crippen LogP contribution is -2.38. The van der Waals surface area contributed by atoms with Gasteiger partial charge >= 0.3 is 0 Å². The van der Waals surface area contributed by atoms with Crippen LogP contribution in [0.25, 0.3) is 0 Å². The molecule has 5 nitrogen and oxygen atoms in total. The quantitative estimate of drug-likeness (QED) is 0.674. The number of non-ortho nitro benzene ring substituents is 1. The molecule has 2 saturated heterocycles. The number of nitro groups is 1. The van der Waals surface area contributed by atoms with Gasteiger partial charge in [-0.15, -0.1) is 12.4 Å². The molecule has 0 radical (unpaired) electrons. The van der Waals surface area contributed by atoms with E-state index in [0.29, 0.717) is 17.0 Å². The molecule has 2 fully saturated rings. The molecule has 2 heterocycles. The number of hydrogen-bond acceptors (Lipinski definition) is 4. The molecule has 3 rings (SSSR count). The molecule has 7 heteroatoms. The second-order valence-electron chi connectivity index (χ2n) is 6.24. The van der Waals surface area contributed by atoms with Crippen molar-refractivity contribution in [3.05, 3.63) is 38.9 Å². The topological polar surface area (TPSA) is 58.4 Å². The fourth-order valence-electron chi connectivity index (χ4n) is 3.56. The molecule has 122 valence electrons. The zero-order valence-corrected chi connectivity index (χ0v) is 14.0. The van der Waals surface area contributed by atoms with E-state index in [1.807, 2.05) is 0 Å². The number of nitrogens with one attached hydrogen (secondary N) is 1. The number of piperidine rings is 1. The summed E-state index contributed by atoms with van der Waals surface area (Å²) in [7, 11) is 0. The Hall–Kier alpha value is -0.880. The van der Waals surface area contributed by atoms with Crippen LogP contribution in [-0.4, -0.2) is 36.0 Å². The molecule has 0 atom stereocenters. The van der Waals surface area contributed by atoms with E-state index in [2.05, 4.69) is 10.2 Å². The summed E-state index contributed by atoms with van der Waals surface area (Å²) < 4.78 is 0. The van der Waals surface area contributed by atoms with Crippen LogP contribution in [0.2, 0.25) is 5.02 Å². The van der Waals surface area contributed by atoms with Crippen LogP contribution >= 0.6 is 24.0 Å². The van der Waals surface area contributed by atoms with E-state index in [1.54, 1.807) is 12.1 Å². The zero-order valence-electron chi connectivity index (χ0n) is 12.4. The first-order valence-electron chi connectivity index (χ1n) is 7.44. The maximum absolute atomic E-state index is 10.9. The van der Waals surface area contributed by atoms with Gasteiger partial charge in [0, 0.05) is 30.2 Å². The van der Waals surface area contributed by atoms with E-state index in [1.165, 1.54) is 25.3 Å². The zero-order chi connectivity index (χ0) is 14.9. The van der Waals surface area contributed by atoms with Crippen molar-refractivity contribution in [1.29, 1.82) is 0 Å². The third kappa shape index (κ3) is 3.71. The van der Waals surface area contributed by atoms with Crippen molar-refractivity contribution in [2.45, 2.75) is 25.8 Å². The van der Waals surface area contributed by atoms with Crippen molar-refractivity contribution in [1.82, 2.24) is 10.2 Å². The van der Waals surface area contributed by atoms with Gasteiger partial charge < -0.3 is 5.32 Å². The Balaban J connectivity index is 0.00000176. The Bertz CT molecular complexity index is 548. The smallest absolute Gasteiger partial charge is 0.269 e. The summed E-state index contributed by atoms with van der Waals surface area (Å²) in [5.74, 6) is 0. The van der Waals surface area contributed by atoms with E-state index in [9.17, 15) is 10.1 Å². The summed E-state index contributed by atoms with van der Waals surface area (Å²) in [4.78, 5) is 12.9. The monoisotopic (exact) mass is 345 g/mol. The van der Waals surface area contributed by atoms with E-state index in [-0.39, 0.29) is 23.0 Å². The summed E-state index contributed by atoms with van der Waals surface area (Å²) in [5.41, 5.74) is 1.42.